The minimum atomic E-state index is 0.622. The van der Waals surface area contributed by atoms with Gasteiger partial charge in [-0.15, -0.1) is 0 Å². The van der Waals surface area contributed by atoms with Crippen LogP contribution in [0.4, 0.5) is 10.9 Å². The van der Waals surface area contributed by atoms with Crippen LogP contribution in [0.1, 0.15) is 30.3 Å². The average Bonchev–Trinajstić information content (AvgIpc) is 3.14. The minimum absolute atomic E-state index is 0.622. The second-order valence-corrected chi connectivity index (χ2v) is 7.14. The predicted molar refractivity (Wildman–Crippen MR) is 91.8 cm³/mol. The zero-order valence-electron chi connectivity index (χ0n) is 13.5. The van der Waals surface area contributed by atoms with Gasteiger partial charge in [-0.2, -0.15) is 19.0 Å². The molecule has 0 bridgehead atoms. The zero-order chi connectivity index (χ0) is 16.1. The number of anilines is 2. The molecule has 1 aliphatic heterocycles. The van der Waals surface area contributed by atoms with Crippen LogP contribution in [0.3, 0.4) is 0 Å². The molecule has 1 aliphatic carbocycles. The van der Waals surface area contributed by atoms with E-state index in [0.29, 0.717) is 11.7 Å². The van der Waals surface area contributed by atoms with Crippen molar-refractivity contribution in [3.8, 4) is 0 Å². The highest BCUT2D eigenvalue weighted by Gasteiger charge is 2.29. The first-order valence-electron chi connectivity index (χ1n) is 8.29. The van der Waals surface area contributed by atoms with Gasteiger partial charge in [0.2, 0.25) is 5.13 Å². The van der Waals surface area contributed by atoms with E-state index in [1.165, 1.54) is 24.4 Å². The Morgan fingerprint density at radius 2 is 1.88 bits per heavy atom. The Labute approximate surface area is 143 Å². The highest BCUT2D eigenvalue weighted by molar-refractivity contribution is 7.09. The maximum atomic E-state index is 4.73. The van der Waals surface area contributed by atoms with E-state index in [0.717, 1.165) is 48.6 Å². The van der Waals surface area contributed by atoms with Gasteiger partial charge in [0.1, 0.15) is 18.0 Å². The van der Waals surface area contributed by atoms with Crippen LogP contribution in [0.5, 0.6) is 0 Å². The maximum absolute atomic E-state index is 4.73. The molecule has 0 unspecified atom stereocenters. The van der Waals surface area contributed by atoms with Gasteiger partial charge in [0, 0.05) is 55.4 Å². The van der Waals surface area contributed by atoms with Crippen LogP contribution in [0.25, 0.3) is 5.78 Å². The van der Waals surface area contributed by atoms with Gasteiger partial charge in [0.25, 0.3) is 5.78 Å². The molecule has 2 fully saturated rings. The zero-order valence-corrected chi connectivity index (χ0v) is 14.3. The fourth-order valence-electron chi connectivity index (χ4n) is 3.13. The number of hydrogen-bond acceptors (Lipinski definition) is 8. The third-order valence-corrected chi connectivity index (χ3v) is 5.40. The van der Waals surface area contributed by atoms with E-state index in [-0.39, 0.29) is 0 Å². The molecule has 0 spiro atoms. The SMILES string of the molecule is Cc1cc(N2CCN(c3nc(C4CC4)ns3)CC2)n2ncnc2n1. The average molecular weight is 342 g/mol. The quantitative estimate of drug-likeness (QED) is 0.714. The van der Waals surface area contributed by atoms with Crippen molar-refractivity contribution in [3.05, 3.63) is 23.9 Å². The van der Waals surface area contributed by atoms with Crippen LogP contribution < -0.4 is 9.80 Å². The van der Waals surface area contributed by atoms with Gasteiger partial charge in [-0.3, -0.25) is 0 Å². The van der Waals surface area contributed by atoms with E-state index in [9.17, 15) is 0 Å². The van der Waals surface area contributed by atoms with Crippen LogP contribution in [-0.2, 0) is 0 Å². The Morgan fingerprint density at radius 3 is 2.67 bits per heavy atom. The van der Waals surface area contributed by atoms with Crippen molar-refractivity contribution in [3.63, 3.8) is 0 Å². The van der Waals surface area contributed by atoms with E-state index >= 15 is 0 Å². The largest absolute Gasteiger partial charge is 0.353 e. The van der Waals surface area contributed by atoms with Gasteiger partial charge >= 0.3 is 0 Å². The van der Waals surface area contributed by atoms with E-state index < -0.39 is 0 Å². The standard InChI is InChI=1S/C15H18N8S/c1-10-8-12(23-14(18-10)16-9-17-23)21-4-6-22(7-5-21)15-19-13(20-24-15)11-2-3-11/h8-9,11H,2-7H2,1H3. The van der Waals surface area contributed by atoms with Crippen molar-refractivity contribution in [2.24, 2.45) is 0 Å². The Bertz CT molecular complexity index is 875. The second kappa shape index (κ2) is 5.37. The maximum Gasteiger partial charge on any atom is 0.254 e. The van der Waals surface area contributed by atoms with Crippen molar-refractivity contribution in [2.45, 2.75) is 25.7 Å². The van der Waals surface area contributed by atoms with Gasteiger partial charge < -0.3 is 9.80 Å². The van der Waals surface area contributed by atoms with E-state index in [1.54, 1.807) is 6.33 Å². The number of rotatable bonds is 3. The summed E-state index contributed by atoms with van der Waals surface area (Å²) in [7, 11) is 0. The molecule has 3 aromatic heterocycles. The molecule has 3 aromatic rings. The van der Waals surface area contributed by atoms with Crippen LogP contribution in [0, 0.1) is 6.92 Å². The summed E-state index contributed by atoms with van der Waals surface area (Å²) in [6.07, 6.45) is 4.06. The van der Waals surface area contributed by atoms with Crippen molar-refractivity contribution < 1.29 is 0 Å². The summed E-state index contributed by atoms with van der Waals surface area (Å²) in [6, 6.07) is 2.08. The molecule has 5 rings (SSSR count). The van der Waals surface area contributed by atoms with Gasteiger partial charge in [0.05, 0.1) is 0 Å². The first kappa shape index (κ1) is 14.1. The summed E-state index contributed by atoms with van der Waals surface area (Å²) < 4.78 is 6.34. The van der Waals surface area contributed by atoms with E-state index in [2.05, 4.69) is 35.3 Å². The lowest BCUT2D eigenvalue weighted by atomic mass is 10.3. The molecule has 1 saturated carbocycles. The fourth-order valence-corrected chi connectivity index (χ4v) is 3.92. The highest BCUT2D eigenvalue weighted by Crippen LogP contribution is 2.39. The van der Waals surface area contributed by atoms with Gasteiger partial charge in [-0.1, -0.05) is 0 Å². The molecule has 0 atom stereocenters. The summed E-state index contributed by atoms with van der Waals surface area (Å²) >= 11 is 1.54. The first-order chi connectivity index (χ1) is 11.8. The number of fused-ring (bicyclic) bond motifs is 1. The molecule has 8 nitrogen and oxygen atoms in total. The monoisotopic (exact) mass is 342 g/mol. The summed E-state index contributed by atoms with van der Waals surface area (Å²) in [6.45, 7) is 5.73. The predicted octanol–water partition coefficient (Wildman–Crippen LogP) is 1.49. The summed E-state index contributed by atoms with van der Waals surface area (Å²) in [4.78, 5) is 18.0. The highest BCUT2D eigenvalue weighted by atomic mass is 32.1. The Hall–Kier alpha value is -2.29. The molecule has 0 N–H and O–H groups in total. The fraction of sp³-hybridized carbons (Fsp3) is 0.533. The molecule has 9 heteroatoms. The molecule has 1 saturated heterocycles. The van der Waals surface area contributed by atoms with Gasteiger partial charge in [-0.05, 0) is 19.8 Å². The van der Waals surface area contributed by atoms with Crippen LogP contribution in [0.2, 0.25) is 0 Å². The molecular formula is C15H18N8S. The Kier molecular flexibility index (Phi) is 3.15. The Morgan fingerprint density at radius 1 is 1.08 bits per heavy atom. The molecule has 124 valence electrons. The Balaban J connectivity index is 1.34. The van der Waals surface area contributed by atoms with Crippen molar-refractivity contribution >= 4 is 28.3 Å². The first-order valence-corrected chi connectivity index (χ1v) is 9.06. The molecule has 0 radical (unpaired) electrons. The van der Waals surface area contributed by atoms with E-state index in [1.807, 2.05) is 11.4 Å². The minimum Gasteiger partial charge on any atom is -0.353 e. The number of nitrogens with zero attached hydrogens (tertiary/aromatic N) is 8. The lowest BCUT2D eigenvalue weighted by Crippen LogP contribution is -2.47. The third kappa shape index (κ3) is 2.39. The smallest absolute Gasteiger partial charge is 0.254 e. The summed E-state index contributed by atoms with van der Waals surface area (Å²) in [5.41, 5.74) is 0.964. The molecule has 0 amide bonds. The normalized spacial score (nSPS) is 18.5. The summed E-state index contributed by atoms with van der Waals surface area (Å²) in [5.74, 6) is 3.39. The van der Waals surface area contributed by atoms with E-state index in [4.69, 9.17) is 4.98 Å². The number of piperazine rings is 1. The molecule has 2 aliphatic rings. The third-order valence-electron chi connectivity index (χ3n) is 4.61. The lowest BCUT2D eigenvalue weighted by molar-refractivity contribution is 0.636. The summed E-state index contributed by atoms with van der Waals surface area (Å²) in [5, 5.41) is 5.37. The lowest BCUT2D eigenvalue weighted by Gasteiger charge is -2.35. The van der Waals surface area contributed by atoms with Crippen molar-refractivity contribution in [2.75, 3.05) is 36.0 Å². The molecule has 0 aromatic carbocycles. The second-order valence-electron chi connectivity index (χ2n) is 6.41. The van der Waals surface area contributed by atoms with Gasteiger partial charge in [-0.25, -0.2) is 9.97 Å². The molecular weight excluding hydrogens is 324 g/mol. The topological polar surface area (TPSA) is 75.3 Å². The van der Waals surface area contributed by atoms with Crippen molar-refractivity contribution in [1.82, 2.24) is 28.9 Å². The number of aryl methyl sites for hydroxylation is 1. The van der Waals surface area contributed by atoms with Crippen LogP contribution in [0.15, 0.2) is 12.4 Å². The number of hydrogen-bond donors (Lipinski definition) is 0. The molecule has 4 heterocycles. The number of aromatic nitrogens is 6. The van der Waals surface area contributed by atoms with Crippen LogP contribution in [-0.4, -0.2) is 55.1 Å². The molecule has 24 heavy (non-hydrogen) atoms. The van der Waals surface area contributed by atoms with Gasteiger partial charge in [0.15, 0.2) is 0 Å². The van der Waals surface area contributed by atoms with Crippen molar-refractivity contribution in [1.29, 1.82) is 0 Å². The van der Waals surface area contributed by atoms with Crippen LogP contribution >= 0.6 is 11.5 Å².